The van der Waals surface area contributed by atoms with E-state index in [0.717, 1.165) is 83.5 Å². The number of carbonyl (C=O) groups excluding carboxylic acids is 1. The fourth-order valence-electron chi connectivity index (χ4n) is 7.15. The first-order valence-electron chi connectivity index (χ1n) is 26.7. The van der Waals surface area contributed by atoms with E-state index in [1.165, 1.54) is 77.0 Å². The summed E-state index contributed by atoms with van der Waals surface area (Å²) in [5.74, 6) is -0.300. The van der Waals surface area contributed by atoms with Crippen LogP contribution >= 0.6 is 7.82 Å². The van der Waals surface area contributed by atoms with Gasteiger partial charge in [-0.25, -0.2) is 0 Å². The van der Waals surface area contributed by atoms with Crippen molar-refractivity contribution in [1.82, 2.24) is 5.32 Å². The smallest absolute Gasteiger partial charge is 0.268 e. The van der Waals surface area contributed by atoms with E-state index >= 15 is 0 Å². The average molecular weight is 957 g/mol. The Bertz CT molecular complexity index is 1430. The second kappa shape index (κ2) is 47.1. The maximum atomic E-state index is 13.0. The standard InChI is InChI=1S/C57H101N2O7P/c1-6-8-10-12-14-16-18-20-21-22-23-24-25-26-27-28-29-30-31-32-33-34-35-36-37-38-40-42-44-46-48-50-56(61)58-54(53-66-67(63,64)65-52-51-59(3,4)5)57(62)55(60)49-47-45-43-41-39-19-17-15-13-11-9-7-2/h8,10,14-17,20-21,23-24,26-27,29-30,41,43,54-55,57,60,62H,6-7,9,11-13,18-19,22,25,28,31-40,42,44-53H2,1-5H3,(H-,58,61,63,64)/b10-8-,16-14-,17-15+,21-20-,24-23-,27-26-,30-29-,43-41+. The van der Waals surface area contributed by atoms with Crippen molar-refractivity contribution in [1.29, 1.82) is 0 Å². The van der Waals surface area contributed by atoms with E-state index in [2.05, 4.69) is 116 Å². The molecule has 9 nitrogen and oxygen atoms in total. The molecular formula is C57H101N2O7P. The van der Waals surface area contributed by atoms with Gasteiger partial charge < -0.3 is 34.0 Å². The number of quaternary nitrogens is 1. The number of phosphoric ester groups is 1. The van der Waals surface area contributed by atoms with Crippen molar-refractivity contribution in [2.45, 2.75) is 218 Å². The number of likely N-dealkylation sites (N-methyl/N-ethyl adjacent to an activating group) is 1. The number of carbonyl (C=O) groups is 1. The van der Waals surface area contributed by atoms with Crippen molar-refractivity contribution >= 4 is 13.7 Å². The summed E-state index contributed by atoms with van der Waals surface area (Å²) in [6.07, 6.45) is 63.2. The van der Waals surface area contributed by atoms with Crippen molar-refractivity contribution in [3.63, 3.8) is 0 Å². The number of nitrogens with zero attached hydrogens (tertiary/aromatic N) is 1. The predicted molar refractivity (Wildman–Crippen MR) is 285 cm³/mol. The highest BCUT2D eigenvalue weighted by atomic mass is 31.2. The molecule has 0 aromatic heterocycles. The van der Waals surface area contributed by atoms with Gasteiger partial charge in [0, 0.05) is 6.42 Å². The fourth-order valence-corrected chi connectivity index (χ4v) is 7.88. The second-order valence-corrected chi connectivity index (χ2v) is 20.4. The van der Waals surface area contributed by atoms with E-state index in [-0.39, 0.29) is 18.9 Å². The van der Waals surface area contributed by atoms with Crippen LogP contribution in [0.4, 0.5) is 0 Å². The summed E-state index contributed by atoms with van der Waals surface area (Å²) < 4.78 is 23.2. The molecular weight excluding hydrogens is 856 g/mol. The van der Waals surface area contributed by atoms with Crippen molar-refractivity contribution in [2.24, 2.45) is 0 Å². The Labute approximate surface area is 411 Å². The minimum Gasteiger partial charge on any atom is -0.756 e. The van der Waals surface area contributed by atoms with E-state index in [1.54, 1.807) is 0 Å². The summed E-state index contributed by atoms with van der Waals surface area (Å²) in [4.78, 5) is 25.5. The minimum atomic E-state index is -4.69. The van der Waals surface area contributed by atoms with Crippen LogP contribution < -0.4 is 10.2 Å². The number of phosphoric acid groups is 1. The predicted octanol–water partition coefficient (Wildman–Crippen LogP) is 14.2. The SMILES string of the molecule is CC/C=C\C/C=C\C/C=C\C/C=C\C/C=C\C/C=C\CCCCCCCCCCCCCCC(=O)NC(COP(=O)([O-])OCC[N+](C)(C)C)C(O)C(O)CCC/C=C/CC/C=C/CCCCC. The van der Waals surface area contributed by atoms with E-state index in [1.807, 2.05) is 21.1 Å². The Balaban J connectivity index is 4.25. The molecule has 0 aliphatic rings. The van der Waals surface area contributed by atoms with Gasteiger partial charge in [0.2, 0.25) is 5.91 Å². The molecule has 0 aromatic rings. The number of nitrogens with one attached hydrogen (secondary N) is 1. The third-order valence-corrected chi connectivity index (χ3v) is 12.3. The molecule has 0 aliphatic heterocycles. The zero-order valence-corrected chi connectivity index (χ0v) is 44.3. The van der Waals surface area contributed by atoms with E-state index < -0.39 is 32.7 Å². The first kappa shape index (κ1) is 64.4. The van der Waals surface area contributed by atoms with Crippen LogP contribution in [0.25, 0.3) is 0 Å². The summed E-state index contributed by atoms with van der Waals surface area (Å²) in [6, 6.07) is -1.10. The fraction of sp³-hybridized carbons (Fsp3) is 0.702. The molecule has 0 saturated heterocycles. The lowest BCUT2D eigenvalue weighted by molar-refractivity contribution is -0.870. The molecule has 0 fully saturated rings. The van der Waals surface area contributed by atoms with Gasteiger partial charge in [-0.05, 0) is 103 Å². The Morgan fingerprint density at radius 2 is 0.955 bits per heavy atom. The zero-order chi connectivity index (χ0) is 49.4. The third kappa shape index (κ3) is 48.2. The van der Waals surface area contributed by atoms with Crippen LogP contribution in [0.15, 0.2) is 97.2 Å². The molecule has 386 valence electrons. The third-order valence-electron chi connectivity index (χ3n) is 11.4. The molecule has 0 bridgehead atoms. The number of aliphatic hydroxyl groups is 2. The summed E-state index contributed by atoms with van der Waals surface area (Å²) in [7, 11) is 1.08. The quantitative estimate of drug-likeness (QED) is 0.0240. The van der Waals surface area contributed by atoms with Crippen LogP contribution in [0.3, 0.4) is 0 Å². The Morgan fingerprint density at radius 3 is 1.43 bits per heavy atom. The molecule has 1 amide bonds. The summed E-state index contributed by atoms with van der Waals surface area (Å²) >= 11 is 0. The second-order valence-electron chi connectivity index (χ2n) is 19.0. The van der Waals surface area contributed by atoms with Gasteiger partial charge in [-0.15, -0.1) is 0 Å². The first-order chi connectivity index (χ1) is 32.4. The van der Waals surface area contributed by atoms with Crippen LogP contribution in [0.2, 0.25) is 0 Å². The molecule has 4 atom stereocenters. The minimum absolute atomic E-state index is 0.0535. The van der Waals surface area contributed by atoms with Crippen LogP contribution in [0.1, 0.15) is 200 Å². The van der Waals surface area contributed by atoms with Gasteiger partial charge in [0.25, 0.3) is 7.82 Å². The molecule has 0 aliphatic carbocycles. The highest BCUT2D eigenvalue weighted by Crippen LogP contribution is 2.38. The van der Waals surface area contributed by atoms with Crippen LogP contribution in [-0.4, -0.2) is 79.8 Å². The molecule has 0 radical (unpaired) electrons. The molecule has 0 heterocycles. The monoisotopic (exact) mass is 957 g/mol. The van der Waals surface area contributed by atoms with E-state index in [0.29, 0.717) is 30.3 Å². The van der Waals surface area contributed by atoms with Crippen molar-refractivity contribution in [3.8, 4) is 0 Å². The van der Waals surface area contributed by atoms with Gasteiger partial charge in [0.1, 0.15) is 19.3 Å². The number of hydrogen-bond donors (Lipinski definition) is 3. The topological polar surface area (TPSA) is 128 Å². The summed E-state index contributed by atoms with van der Waals surface area (Å²) in [6.45, 7) is 4.25. The highest BCUT2D eigenvalue weighted by Gasteiger charge is 2.29. The lowest BCUT2D eigenvalue weighted by Gasteiger charge is -2.31. The van der Waals surface area contributed by atoms with E-state index in [9.17, 15) is 24.5 Å². The Morgan fingerprint density at radius 1 is 0.552 bits per heavy atom. The molecule has 10 heteroatoms. The van der Waals surface area contributed by atoms with Crippen LogP contribution in [0.5, 0.6) is 0 Å². The Hall–Kier alpha value is -2.62. The van der Waals surface area contributed by atoms with Gasteiger partial charge in [-0.2, -0.15) is 0 Å². The average Bonchev–Trinajstić information content (AvgIpc) is 3.29. The molecule has 3 N–H and O–H groups in total. The maximum Gasteiger partial charge on any atom is 0.268 e. The van der Waals surface area contributed by atoms with E-state index in [4.69, 9.17) is 9.05 Å². The van der Waals surface area contributed by atoms with Gasteiger partial charge >= 0.3 is 0 Å². The van der Waals surface area contributed by atoms with Crippen LogP contribution in [-0.2, 0) is 18.4 Å². The first-order valence-corrected chi connectivity index (χ1v) is 28.1. The van der Waals surface area contributed by atoms with Crippen molar-refractivity contribution in [2.75, 3.05) is 40.9 Å². The lowest BCUT2D eigenvalue weighted by atomic mass is 10.0. The highest BCUT2D eigenvalue weighted by molar-refractivity contribution is 7.45. The maximum absolute atomic E-state index is 13.0. The normalized spacial score (nSPS) is 15.3. The lowest BCUT2D eigenvalue weighted by Crippen LogP contribution is -2.51. The zero-order valence-electron chi connectivity index (χ0n) is 43.4. The Kier molecular flexibility index (Phi) is 45.2. The summed E-state index contributed by atoms with van der Waals surface area (Å²) in [5.41, 5.74) is 0. The van der Waals surface area contributed by atoms with Gasteiger partial charge in [0.15, 0.2) is 0 Å². The number of allylic oxidation sites excluding steroid dienone is 16. The van der Waals surface area contributed by atoms with Crippen molar-refractivity contribution < 1.29 is 38.0 Å². The summed E-state index contributed by atoms with van der Waals surface area (Å²) in [5, 5.41) is 24.6. The number of hydrogen-bond acceptors (Lipinski definition) is 7. The molecule has 0 aromatic carbocycles. The van der Waals surface area contributed by atoms with Gasteiger partial charge in [0.05, 0.1) is 39.9 Å². The number of rotatable bonds is 47. The molecule has 67 heavy (non-hydrogen) atoms. The molecule has 0 spiro atoms. The number of unbranched alkanes of at least 4 members (excludes halogenated alkanes) is 17. The molecule has 0 saturated carbocycles. The number of aliphatic hydroxyl groups excluding tert-OH is 2. The molecule has 4 unspecified atom stereocenters. The van der Waals surface area contributed by atoms with Crippen molar-refractivity contribution in [3.05, 3.63) is 97.2 Å². The van der Waals surface area contributed by atoms with Gasteiger partial charge in [-0.1, -0.05) is 188 Å². The molecule has 0 rings (SSSR count). The van der Waals surface area contributed by atoms with Gasteiger partial charge in [-0.3, -0.25) is 9.36 Å². The number of amides is 1. The van der Waals surface area contributed by atoms with Crippen LogP contribution in [0, 0.1) is 0 Å². The largest absolute Gasteiger partial charge is 0.756 e.